The zero-order valence-corrected chi connectivity index (χ0v) is 43.5. The predicted octanol–water partition coefficient (Wildman–Crippen LogP) is 12.0. The number of rotatable bonds is 12. The molecule has 0 spiro atoms. The fourth-order valence-corrected chi connectivity index (χ4v) is 11.0. The van der Waals surface area contributed by atoms with E-state index in [2.05, 4.69) is 0 Å². The highest BCUT2D eigenvalue weighted by atomic mass is 35.5. The maximum absolute atomic E-state index is 14.1. The molecule has 2 aliphatic carbocycles. The number of hydrogen-bond donors (Lipinski definition) is 4. The Bertz CT molecular complexity index is 2740. The smallest absolute Gasteiger partial charge is 0.257 e. The molecular weight excluding hydrogens is 994 g/mol. The van der Waals surface area contributed by atoms with E-state index >= 15 is 0 Å². The van der Waals surface area contributed by atoms with Gasteiger partial charge >= 0.3 is 0 Å². The molecule has 2 fully saturated rings. The molecule has 2 saturated carbocycles. The topological polar surface area (TPSA) is 140 Å². The normalized spacial score (nSPS) is 23.8. The van der Waals surface area contributed by atoms with Gasteiger partial charge in [-0.15, -0.1) is 0 Å². The standard InChI is InChI=1S/2C29H29Cl2NO4/c2*1-28(2,35)20-7-14-26-25(15-20)27(34)32(17-18-3-8-21(30)9-4-18)29(26,19-5-10-22(31)11-6-19)36-24-13-12-23(33)16-24/h2*3-11,14-15,23-24,33,35H,12-13,16-17H2,1-2H3/t23-,24+,29+;23-,24+,29-/m01/s1. The van der Waals surface area contributed by atoms with Crippen molar-refractivity contribution >= 4 is 58.2 Å². The summed E-state index contributed by atoms with van der Waals surface area (Å²) in [5.74, 6) is -0.390. The minimum absolute atomic E-state index is 0.195. The molecular formula is C58H58Cl4N2O8. The molecule has 4 aliphatic rings. The van der Waals surface area contributed by atoms with Gasteiger partial charge in [-0.2, -0.15) is 0 Å². The molecule has 14 heteroatoms. The first-order valence-electron chi connectivity index (χ1n) is 24.3. The molecule has 2 amide bonds. The van der Waals surface area contributed by atoms with Crippen LogP contribution in [0.4, 0.5) is 0 Å². The van der Waals surface area contributed by atoms with Crippen molar-refractivity contribution in [3.05, 3.63) is 209 Å². The number of halogens is 4. The van der Waals surface area contributed by atoms with Crippen LogP contribution < -0.4 is 0 Å². The van der Waals surface area contributed by atoms with Crippen LogP contribution in [0, 0.1) is 0 Å². The fraction of sp³-hybridized carbons (Fsp3) is 0.345. The van der Waals surface area contributed by atoms with Gasteiger partial charge in [0.1, 0.15) is 0 Å². The lowest BCUT2D eigenvalue weighted by atomic mass is 9.89. The van der Waals surface area contributed by atoms with Gasteiger partial charge in [-0.1, -0.05) is 119 Å². The van der Waals surface area contributed by atoms with E-state index in [1.165, 1.54) is 0 Å². The first kappa shape index (κ1) is 52.1. The Kier molecular flexibility index (Phi) is 14.8. The van der Waals surface area contributed by atoms with Crippen LogP contribution in [-0.4, -0.2) is 66.5 Å². The fourth-order valence-electron chi connectivity index (χ4n) is 10.5. The van der Waals surface area contributed by atoms with Gasteiger partial charge < -0.3 is 29.9 Å². The summed E-state index contributed by atoms with van der Waals surface area (Å²) in [7, 11) is 0. The van der Waals surface area contributed by atoms with Crippen molar-refractivity contribution in [2.75, 3.05) is 0 Å². The summed E-state index contributed by atoms with van der Waals surface area (Å²) in [6, 6.07) is 40.4. The second kappa shape index (κ2) is 20.5. The van der Waals surface area contributed by atoms with Crippen LogP contribution in [0.5, 0.6) is 0 Å². The summed E-state index contributed by atoms with van der Waals surface area (Å²) >= 11 is 24.7. The summed E-state index contributed by atoms with van der Waals surface area (Å²) in [6.45, 7) is 7.34. The Morgan fingerprint density at radius 3 is 1.11 bits per heavy atom. The first-order valence-corrected chi connectivity index (χ1v) is 25.8. The molecule has 6 aromatic carbocycles. The van der Waals surface area contributed by atoms with Gasteiger partial charge in [0, 0.05) is 66.6 Å². The second-order valence-corrected chi connectivity index (χ2v) is 22.1. The average Bonchev–Trinajstić information content (AvgIpc) is 4.07. The van der Waals surface area contributed by atoms with Crippen LogP contribution in [0.15, 0.2) is 133 Å². The Balaban J connectivity index is 0.000000178. The van der Waals surface area contributed by atoms with Gasteiger partial charge in [0.25, 0.3) is 11.8 Å². The third-order valence-corrected chi connectivity index (χ3v) is 15.3. The highest BCUT2D eigenvalue weighted by molar-refractivity contribution is 6.31. The molecule has 2 heterocycles. The largest absolute Gasteiger partial charge is 0.393 e. The van der Waals surface area contributed by atoms with Gasteiger partial charge in [0.2, 0.25) is 0 Å². The first-order chi connectivity index (χ1) is 34.1. The number of benzene rings is 6. The zero-order valence-electron chi connectivity index (χ0n) is 40.5. The lowest BCUT2D eigenvalue weighted by molar-refractivity contribution is -0.147. The monoisotopic (exact) mass is 1050 g/mol. The predicted molar refractivity (Wildman–Crippen MR) is 280 cm³/mol. The number of aliphatic hydroxyl groups is 4. The lowest BCUT2D eigenvalue weighted by Crippen LogP contribution is -2.48. The molecule has 6 aromatic rings. The molecule has 376 valence electrons. The van der Waals surface area contributed by atoms with E-state index in [1.54, 1.807) is 98.2 Å². The Labute approximate surface area is 440 Å². The number of carbonyl (C=O) groups excluding carboxylic acids is 2. The highest BCUT2D eigenvalue weighted by Crippen LogP contribution is 2.51. The van der Waals surface area contributed by atoms with Crippen molar-refractivity contribution in [3.63, 3.8) is 0 Å². The molecule has 4 N–H and O–H groups in total. The summed E-state index contributed by atoms with van der Waals surface area (Å²) in [5, 5.41) is 44.2. The lowest BCUT2D eigenvalue weighted by Gasteiger charge is -2.41. The number of nitrogens with zero attached hydrogens (tertiary/aromatic N) is 2. The molecule has 72 heavy (non-hydrogen) atoms. The van der Waals surface area contributed by atoms with E-state index in [9.17, 15) is 30.0 Å². The number of carbonyl (C=O) groups is 2. The van der Waals surface area contributed by atoms with Gasteiger partial charge in [0.05, 0.1) is 35.6 Å². The molecule has 0 radical (unpaired) electrons. The van der Waals surface area contributed by atoms with Gasteiger partial charge in [-0.05, 0) is 149 Å². The van der Waals surface area contributed by atoms with Crippen LogP contribution in [0.2, 0.25) is 20.1 Å². The minimum atomic E-state index is -1.23. The number of fused-ring (bicyclic) bond motifs is 2. The Hall–Kier alpha value is -4.82. The van der Waals surface area contributed by atoms with Gasteiger partial charge in [-0.25, -0.2) is 0 Å². The maximum atomic E-state index is 14.1. The molecule has 0 aromatic heterocycles. The van der Waals surface area contributed by atoms with Crippen molar-refractivity contribution < 1.29 is 39.5 Å². The Morgan fingerprint density at radius 1 is 0.500 bits per heavy atom. The average molecular weight is 1050 g/mol. The summed E-state index contributed by atoms with van der Waals surface area (Å²) < 4.78 is 13.8. The molecule has 0 unspecified atom stereocenters. The minimum Gasteiger partial charge on any atom is -0.393 e. The van der Waals surface area contributed by atoms with Crippen molar-refractivity contribution in [3.8, 4) is 0 Å². The Morgan fingerprint density at radius 2 is 0.819 bits per heavy atom. The SMILES string of the molecule is CC(C)(O)c1ccc2c(c1)C(=O)N(Cc1ccc(Cl)cc1)[C@@]2(O[C@@H]1CC[C@H](O)C1)c1ccc(Cl)cc1.CC(C)(O)c1ccc2c(c1)C(=O)N(Cc1ccc(Cl)cc1)[C@@]2(O[C@H]1CC[C@@H](O)C1)c1ccc(Cl)cc1. The third-order valence-electron chi connectivity index (χ3n) is 14.3. The van der Waals surface area contributed by atoms with Gasteiger partial charge in [0.15, 0.2) is 11.4 Å². The number of amides is 2. The molecule has 6 atom stereocenters. The van der Waals surface area contributed by atoms with Crippen molar-refractivity contribution in [1.29, 1.82) is 0 Å². The summed E-state index contributed by atoms with van der Waals surface area (Å²) in [5.41, 5.74) is 2.31. The van der Waals surface area contributed by atoms with E-state index in [0.717, 1.165) is 22.3 Å². The second-order valence-electron chi connectivity index (χ2n) is 20.4. The van der Waals surface area contributed by atoms with Crippen molar-refractivity contribution in [1.82, 2.24) is 9.80 Å². The van der Waals surface area contributed by atoms with Crippen LogP contribution in [0.25, 0.3) is 0 Å². The van der Waals surface area contributed by atoms with Crippen LogP contribution >= 0.6 is 46.4 Å². The van der Waals surface area contributed by atoms with E-state index in [4.69, 9.17) is 55.9 Å². The molecule has 0 bridgehead atoms. The van der Waals surface area contributed by atoms with E-state index in [-0.39, 0.29) is 37.1 Å². The van der Waals surface area contributed by atoms with E-state index < -0.39 is 34.9 Å². The zero-order chi connectivity index (χ0) is 51.3. The molecule has 0 saturated heterocycles. The molecule has 2 aliphatic heterocycles. The highest BCUT2D eigenvalue weighted by Gasteiger charge is 2.56. The third kappa shape index (κ3) is 10.3. The van der Waals surface area contributed by atoms with Crippen LogP contribution in [0.3, 0.4) is 0 Å². The molecule has 10 nitrogen and oxygen atoms in total. The number of ether oxygens (including phenoxy) is 2. The maximum Gasteiger partial charge on any atom is 0.257 e. The van der Waals surface area contributed by atoms with Crippen LogP contribution in [-0.2, 0) is 45.2 Å². The molecule has 10 rings (SSSR count). The van der Waals surface area contributed by atoms with Gasteiger partial charge in [-0.3, -0.25) is 19.4 Å². The van der Waals surface area contributed by atoms with E-state index in [1.807, 2.05) is 72.8 Å². The summed E-state index contributed by atoms with van der Waals surface area (Å²) in [4.78, 5) is 31.7. The van der Waals surface area contributed by atoms with Crippen molar-refractivity contribution in [2.24, 2.45) is 0 Å². The number of hydrogen-bond acceptors (Lipinski definition) is 8. The van der Waals surface area contributed by atoms with E-state index in [0.29, 0.717) is 92.0 Å². The quantitative estimate of drug-likeness (QED) is 0.0950. The van der Waals surface area contributed by atoms with Crippen LogP contribution in [0.1, 0.15) is 131 Å². The van der Waals surface area contributed by atoms with Crippen molar-refractivity contribution in [2.45, 2.75) is 126 Å². The number of aliphatic hydroxyl groups excluding tert-OH is 2. The summed E-state index contributed by atoms with van der Waals surface area (Å²) in [6.07, 6.45) is 2.32.